The average Bonchev–Trinajstić information content (AvgIpc) is 3.04. The Morgan fingerprint density at radius 1 is 1.19 bits per heavy atom. The van der Waals surface area contributed by atoms with Gasteiger partial charge in [-0.25, -0.2) is 9.38 Å². The lowest BCUT2D eigenvalue weighted by atomic mass is 9.71. The highest BCUT2D eigenvalue weighted by molar-refractivity contribution is 5.75. The highest BCUT2D eigenvalue weighted by Crippen LogP contribution is 2.51. The summed E-state index contributed by atoms with van der Waals surface area (Å²) in [5.74, 6) is 0.486. The van der Waals surface area contributed by atoms with Crippen molar-refractivity contribution in [1.82, 2.24) is 4.98 Å². The van der Waals surface area contributed by atoms with Crippen molar-refractivity contribution in [2.24, 2.45) is 16.6 Å². The van der Waals surface area contributed by atoms with Crippen LogP contribution in [0.1, 0.15) is 12.0 Å². The summed E-state index contributed by atoms with van der Waals surface area (Å²) < 4.78 is 31.0. The van der Waals surface area contributed by atoms with Gasteiger partial charge in [0.1, 0.15) is 29.8 Å². The SMILES string of the molecule is NC1=N[C@]2(CO1)c1cc(-c3cncc(F)c3)ccc1O[C@@H]1COCC[C@H]12. The maximum Gasteiger partial charge on any atom is 0.283 e. The van der Waals surface area contributed by atoms with E-state index in [1.165, 1.54) is 12.3 Å². The summed E-state index contributed by atoms with van der Waals surface area (Å²) in [6.07, 6.45) is 3.56. The zero-order valence-corrected chi connectivity index (χ0v) is 14.0. The molecule has 4 heterocycles. The second-order valence-corrected chi connectivity index (χ2v) is 6.89. The van der Waals surface area contributed by atoms with Gasteiger partial charge in [-0.3, -0.25) is 4.98 Å². The molecule has 1 saturated heterocycles. The van der Waals surface area contributed by atoms with Crippen LogP contribution in [-0.4, -0.2) is 36.9 Å². The number of hydrogen-bond donors (Lipinski definition) is 1. The zero-order chi connectivity index (χ0) is 17.7. The fourth-order valence-corrected chi connectivity index (χ4v) is 4.23. The Balaban J connectivity index is 1.67. The summed E-state index contributed by atoms with van der Waals surface area (Å²) in [5, 5.41) is 0. The van der Waals surface area contributed by atoms with Gasteiger partial charge in [-0.05, 0) is 30.2 Å². The fraction of sp³-hybridized carbons (Fsp3) is 0.368. The van der Waals surface area contributed by atoms with E-state index in [1.54, 1.807) is 6.20 Å². The van der Waals surface area contributed by atoms with E-state index in [0.29, 0.717) is 25.4 Å². The molecule has 0 unspecified atom stereocenters. The van der Waals surface area contributed by atoms with Crippen LogP contribution in [0.25, 0.3) is 11.1 Å². The molecule has 0 amide bonds. The van der Waals surface area contributed by atoms with Crippen LogP contribution < -0.4 is 10.5 Å². The number of ether oxygens (including phenoxy) is 3. The van der Waals surface area contributed by atoms with Gasteiger partial charge in [0.15, 0.2) is 0 Å². The molecule has 3 aliphatic rings. The predicted molar refractivity (Wildman–Crippen MR) is 92.2 cm³/mol. The van der Waals surface area contributed by atoms with Crippen LogP contribution in [0.5, 0.6) is 5.75 Å². The number of amidine groups is 1. The van der Waals surface area contributed by atoms with Gasteiger partial charge in [0.2, 0.25) is 0 Å². The third-order valence-corrected chi connectivity index (χ3v) is 5.43. The monoisotopic (exact) mass is 355 g/mol. The number of aromatic nitrogens is 1. The number of aliphatic imine (C=N–C) groups is 1. The molecule has 2 aromatic rings. The minimum absolute atomic E-state index is 0.0869. The maximum atomic E-state index is 13.6. The van der Waals surface area contributed by atoms with E-state index in [4.69, 9.17) is 24.9 Å². The number of pyridine rings is 1. The largest absolute Gasteiger partial charge is 0.487 e. The Morgan fingerprint density at radius 3 is 2.92 bits per heavy atom. The van der Waals surface area contributed by atoms with E-state index in [9.17, 15) is 4.39 Å². The topological polar surface area (TPSA) is 79.0 Å². The summed E-state index contributed by atoms with van der Waals surface area (Å²) in [6.45, 7) is 1.56. The molecule has 0 radical (unpaired) electrons. The molecule has 3 atom stereocenters. The molecule has 3 aliphatic heterocycles. The van der Waals surface area contributed by atoms with Gasteiger partial charge in [-0.15, -0.1) is 0 Å². The van der Waals surface area contributed by atoms with Crippen LogP contribution in [0.15, 0.2) is 41.7 Å². The molecule has 7 heteroatoms. The van der Waals surface area contributed by atoms with E-state index in [1.807, 2.05) is 18.2 Å². The van der Waals surface area contributed by atoms with E-state index in [2.05, 4.69) is 4.98 Å². The molecule has 1 aromatic heterocycles. The van der Waals surface area contributed by atoms with E-state index < -0.39 is 5.54 Å². The van der Waals surface area contributed by atoms with Crippen molar-refractivity contribution >= 4 is 6.02 Å². The lowest BCUT2D eigenvalue weighted by Crippen LogP contribution is -2.52. The van der Waals surface area contributed by atoms with Crippen LogP contribution >= 0.6 is 0 Å². The quantitative estimate of drug-likeness (QED) is 0.849. The third-order valence-electron chi connectivity index (χ3n) is 5.43. The first kappa shape index (κ1) is 15.6. The van der Waals surface area contributed by atoms with Gasteiger partial charge in [-0.2, -0.15) is 0 Å². The summed E-state index contributed by atoms with van der Waals surface area (Å²) in [7, 11) is 0. The van der Waals surface area contributed by atoms with Crippen molar-refractivity contribution in [3.63, 3.8) is 0 Å². The van der Waals surface area contributed by atoms with Crippen molar-refractivity contribution in [3.05, 3.63) is 48.0 Å². The molecular weight excluding hydrogens is 337 g/mol. The molecule has 5 rings (SSSR count). The second-order valence-electron chi connectivity index (χ2n) is 6.89. The molecule has 6 nitrogen and oxygen atoms in total. The predicted octanol–water partition coefficient (Wildman–Crippen LogP) is 2.23. The van der Waals surface area contributed by atoms with Gasteiger partial charge < -0.3 is 19.9 Å². The van der Waals surface area contributed by atoms with Crippen LogP contribution in [0.3, 0.4) is 0 Å². The summed E-state index contributed by atoms with van der Waals surface area (Å²) >= 11 is 0. The zero-order valence-electron chi connectivity index (χ0n) is 14.0. The third kappa shape index (κ3) is 2.27. The molecule has 134 valence electrons. The number of benzene rings is 1. The number of rotatable bonds is 1. The first-order chi connectivity index (χ1) is 12.7. The Kier molecular flexibility index (Phi) is 3.40. The van der Waals surface area contributed by atoms with E-state index >= 15 is 0 Å². The van der Waals surface area contributed by atoms with Crippen molar-refractivity contribution < 1.29 is 18.6 Å². The molecule has 1 fully saturated rings. The van der Waals surface area contributed by atoms with Gasteiger partial charge in [0.05, 0.1) is 12.8 Å². The van der Waals surface area contributed by atoms with Gasteiger partial charge in [-0.1, -0.05) is 6.07 Å². The smallest absolute Gasteiger partial charge is 0.283 e. The molecule has 2 N–H and O–H groups in total. The average molecular weight is 355 g/mol. The molecule has 1 aromatic carbocycles. The standard InChI is InChI=1S/C19H18FN3O3/c20-13-5-12(7-22-8-13)11-1-2-16-15(6-11)19(10-25-18(21)23-19)14-3-4-24-9-17(14)26-16/h1-2,5-8,14,17H,3-4,9-10H2,(H2,21,23)/t14-,17-,19+/m1/s1. The maximum absolute atomic E-state index is 13.6. The Hall–Kier alpha value is -2.67. The van der Waals surface area contributed by atoms with Crippen molar-refractivity contribution in [3.8, 4) is 16.9 Å². The summed E-state index contributed by atoms with van der Waals surface area (Å²) in [5.41, 5.74) is 7.76. The number of nitrogens with two attached hydrogens (primary N) is 1. The molecule has 0 bridgehead atoms. The van der Waals surface area contributed by atoms with Crippen LogP contribution in [-0.2, 0) is 15.0 Å². The molecule has 0 aliphatic carbocycles. The molecule has 1 spiro atoms. The van der Waals surface area contributed by atoms with E-state index in [0.717, 1.165) is 23.3 Å². The van der Waals surface area contributed by atoms with Crippen molar-refractivity contribution in [2.75, 3.05) is 19.8 Å². The molecular formula is C19H18FN3O3. The highest BCUT2D eigenvalue weighted by Gasteiger charge is 2.54. The van der Waals surface area contributed by atoms with Gasteiger partial charge >= 0.3 is 0 Å². The highest BCUT2D eigenvalue weighted by atomic mass is 19.1. The first-order valence-corrected chi connectivity index (χ1v) is 8.64. The van der Waals surface area contributed by atoms with Gasteiger partial charge in [0, 0.05) is 29.8 Å². The number of hydrogen-bond acceptors (Lipinski definition) is 6. The van der Waals surface area contributed by atoms with Crippen LogP contribution in [0, 0.1) is 11.7 Å². The fourth-order valence-electron chi connectivity index (χ4n) is 4.23. The van der Waals surface area contributed by atoms with Crippen molar-refractivity contribution in [1.29, 1.82) is 0 Å². The molecule has 26 heavy (non-hydrogen) atoms. The van der Waals surface area contributed by atoms with Crippen LogP contribution in [0.4, 0.5) is 4.39 Å². The van der Waals surface area contributed by atoms with E-state index in [-0.39, 0.29) is 23.9 Å². The van der Waals surface area contributed by atoms with Crippen LogP contribution in [0.2, 0.25) is 0 Å². The molecule has 0 saturated carbocycles. The summed E-state index contributed by atoms with van der Waals surface area (Å²) in [6, 6.07) is 7.44. The van der Waals surface area contributed by atoms with Crippen molar-refractivity contribution in [2.45, 2.75) is 18.1 Å². The second kappa shape index (κ2) is 5.67. The first-order valence-electron chi connectivity index (χ1n) is 8.64. The Labute approximate surface area is 149 Å². The minimum Gasteiger partial charge on any atom is -0.487 e. The number of halogens is 1. The Morgan fingerprint density at radius 2 is 2.12 bits per heavy atom. The Bertz CT molecular complexity index is 903. The summed E-state index contributed by atoms with van der Waals surface area (Å²) in [4.78, 5) is 8.65. The lowest BCUT2D eigenvalue weighted by molar-refractivity contribution is -0.0732. The number of nitrogens with zero attached hydrogens (tertiary/aromatic N) is 2. The minimum atomic E-state index is -0.594. The normalized spacial score (nSPS) is 29.3. The lowest BCUT2D eigenvalue weighted by Gasteiger charge is -2.45. The number of fused-ring (bicyclic) bond motifs is 4. The van der Waals surface area contributed by atoms with Gasteiger partial charge in [0.25, 0.3) is 6.02 Å².